The van der Waals surface area contributed by atoms with Crippen LogP contribution in [0.1, 0.15) is 5.56 Å². The fourth-order valence-electron chi connectivity index (χ4n) is 0.846. The fourth-order valence-corrected chi connectivity index (χ4v) is 0.846. The van der Waals surface area contributed by atoms with Crippen molar-refractivity contribution < 1.29 is 21.7 Å². The molecule has 0 radical (unpaired) electrons. The first-order valence-corrected chi connectivity index (χ1v) is 3.94. The third-order valence-corrected chi connectivity index (χ3v) is 1.48. The predicted octanol–water partition coefficient (Wildman–Crippen LogP) is 3.45. The van der Waals surface area contributed by atoms with Gasteiger partial charge in [-0.3, -0.25) is 0 Å². The number of hydrogen-bond acceptors (Lipinski definition) is 0. The maximum atomic E-state index is 3.60. The van der Waals surface area contributed by atoms with Crippen LogP contribution in [-0.4, -0.2) is 0 Å². The summed E-state index contributed by atoms with van der Waals surface area (Å²) in [6.07, 6.45) is 1.83. The van der Waals surface area contributed by atoms with Gasteiger partial charge >= 0.3 is 0 Å². The van der Waals surface area contributed by atoms with E-state index in [2.05, 4.69) is 6.58 Å². The minimum atomic E-state index is 0. The van der Waals surface area contributed by atoms with Crippen LogP contribution >= 0.6 is 0 Å². The first-order chi connectivity index (χ1) is 5.93. The zero-order chi connectivity index (χ0) is 8.65. The maximum absolute atomic E-state index is 3.60. The van der Waals surface area contributed by atoms with Crippen LogP contribution in [0, 0.1) is 0 Å². The Kier molecular flexibility index (Phi) is 7.28. The van der Waals surface area contributed by atoms with Crippen LogP contribution < -0.4 is 0 Å². The van der Waals surface area contributed by atoms with E-state index in [9.17, 15) is 0 Å². The fraction of sp³-hybridized carbons (Fsp3) is 0. The molecule has 0 fully saturated rings. The molecule has 0 aliphatic rings. The van der Waals surface area contributed by atoms with Gasteiger partial charge in [-0.15, -0.1) is 23.8 Å². The Labute approximate surface area is 94.5 Å². The van der Waals surface area contributed by atoms with Crippen LogP contribution in [0.2, 0.25) is 0 Å². The predicted molar refractivity (Wildman–Crippen MR) is 54.2 cm³/mol. The third-order valence-electron chi connectivity index (χ3n) is 1.48. The topological polar surface area (TPSA) is 0 Å². The molecule has 0 atom stereocenters. The van der Waals surface area contributed by atoms with Crippen molar-refractivity contribution in [1.82, 2.24) is 0 Å². The van der Waals surface area contributed by atoms with Gasteiger partial charge in [-0.05, 0) is 0 Å². The van der Waals surface area contributed by atoms with E-state index in [0.717, 1.165) is 0 Å². The van der Waals surface area contributed by atoms with E-state index in [1.54, 1.807) is 0 Å². The van der Waals surface area contributed by atoms with Gasteiger partial charge in [0.2, 0.25) is 0 Å². The van der Waals surface area contributed by atoms with E-state index in [4.69, 9.17) is 0 Å². The average molecular weight is 204 g/mol. The van der Waals surface area contributed by atoms with Gasteiger partial charge in [-0.1, -0.05) is 0 Å². The monoisotopic (exact) mass is 204 g/mol. The first-order valence-electron chi connectivity index (χ1n) is 3.94. The summed E-state index contributed by atoms with van der Waals surface area (Å²) in [5, 5.41) is 0. The SMILES string of the molecule is C=C[c-]1cccc1.[Ti].[cH-]1[cH-][cH-][cH-][cH-]1. The van der Waals surface area contributed by atoms with Crippen LogP contribution in [-0.2, 0) is 21.7 Å². The summed E-state index contributed by atoms with van der Waals surface area (Å²) in [4.78, 5) is 0. The molecular formula is C12H12Ti-6. The van der Waals surface area contributed by atoms with Gasteiger partial charge in [0.15, 0.2) is 0 Å². The van der Waals surface area contributed by atoms with Gasteiger partial charge in [0, 0.05) is 21.7 Å². The Balaban J connectivity index is 0.000000215. The maximum Gasteiger partial charge on any atom is 0 e. The molecule has 0 saturated heterocycles. The second-order valence-electron chi connectivity index (χ2n) is 2.38. The second kappa shape index (κ2) is 7.79. The Morgan fingerprint density at radius 3 is 1.54 bits per heavy atom. The van der Waals surface area contributed by atoms with Crippen molar-refractivity contribution in [3.63, 3.8) is 0 Å². The molecule has 0 N–H and O–H groups in total. The molecule has 0 saturated carbocycles. The van der Waals surface area contributed by atoms with Crippen molar-refractivity contribution in [2.75, 3.05) is 0 Å². The molecule has 0 unspecified atom stereocenters. The van der Waals surface area contributed by atoms with E-state index in [1.165, 1.54) is 5.56 Å². The summed E-state index contributed by atoms with van der Waals surface area (Å²) in [6.45, 7) is 3.60. The van der Waals surface area contributed by atoms with Gasteiger partial charge < -0.3 is 30.3 Å². The minimum absolute atomic E-state index is 0. The standard InChI is InChI=1S/C7H7.C5H5.Ti/c1-2-7-5-3-4-6-7;1-2-4-5-3-1;/h2-6H,1H2;1-5H;/q-1;-5;. The van der Waals surface area contributed by atoms with Crippen molar-refractivity contribution in [3.05, 3.63) is 66.7 Å². The van der Waals surface area contributed by atoms with E-state index >= 15 is 0 Å². The van der Waals surface area contributed by atoms with E-state index in [1.807, 2.05) is 60.7 Å². The molecule has 0 aliphatic heterocycles. The van der Waals surface area contributed by atoms with E-state index in [0.29, 0.717) is 0 Å². The van der Waals surface area contributed by atoms with Crippen LogP contribution in [0.3, 0.4) is 0 Å². The summed E-state index contributed by atoms with van der Waals surface area (Å²) in [5.41, 5.74) is 1.19. The van der Waals surface area contributed by atoms with Gasteiger partial charge in [-0.25, -0.2) is 0 Å². The molecule has 0 nitrogen and oxygen atoms in total. The second-order valence-corrected chi connectivity index (χ2v) is 2.38. The van der Waals surface area contributed by atoms with Gasteiger partial charge in [-0.2, -0.15) is 18.7 Å². The Bertz CT molecular complexity index is 260. The summed E-state index contributed by atoms with van der Waals surface area (Å²) in [5.74, 6) is 0. The Hall–Kier alpha value is -0.846. The summed E-state index contributed by atoms with van der Waals surface area (Å²) < 4.78 is 0. The van der Waals surface area contributed by atoms with Gasteiger partial charge in [0.25, 0.3) is 0 Å². The smallest absolute Gasteiger partial charge is 0 e. The molecule has 0 heterocycles. The summed E-state index contributed by atoms with van der Waals surface area (Å²) >= 11 is 0. The summed E-state index contributed by atoms with van der Waals surface area (Å²) in [7, 11) is 0. The van der Waals surface area contributed by atoms with Crippen molar-refractivity contribution in [1.29, 1.82) is 0 Å². The summed E-state index contributed by atoms with van der Waals surface area (Å²) in [6, 6.07) is 18.0. The molecule has 2 aromatic rings. The average Bonchev–Trinajstić information content (AvgIpc) is 2.81. The van der Waals surface area contributed by atoms with Gasteiger partial charge in [0.1, 0.15) is 0 Å². The largest absolute Gasteiger partial charge is 0.748 e. The minimum Gasteiger partial charge on any atom is -0.748 e. The molecule has 13 heavy (non-hydrogen) atoms. The Morgan fingerprint density at radius 1 is 0.923 bits per heavy atom. The van der Waals surface area contributed by atoms with Gasteiger partial charge in [0.05, 0.1) is 0 Å². The molecule has 0 amide bonds. The molecule has 1 heteroatoms. The molecule has 0 spiro atoms. The van der Waals surface area contributed by atoms with Crippen molar-refractivity contribution in [2.24, 2.45) is 0 Å². The van der Waals surface area contributed by atoms with E-state index < -0.39 is 0 Å². The normalized spacial score (nSPS) is 7.69. The first kappa shape index (κ1) is 12.2. The quantitative estimate of drug-likeness (QED) is 0.493. The molecular weight excluding hydrogens is 192 g/mol. The third kappa shape index (κ3) is 5.40. The van der Waals surface area contributed by atoms with Crippen LogP contribution in [0.5, 0.6) is 0 Å². The van der Waals surface area contributed by atoms with Crippen LogP contribution in [0.15, 0.2) is 61.2 Å². The molecule has 2 rings (SSSR count). The molecule has 70 valence electrons. The molecule has 2 aromatic carbocycles. The van der Waals surface area contributed by atoms with E-state index in [-0.39, 0.29) is 21.7 Å². The molecule has 0 aliphatic carbocycles. The van der Waals surface area contributed by atoms with Crippen LogP contribution in [0.25, 0.3) is 6.08 Å². The number of hydrogen-bond donors (Lipinski definition) is 0. The molecule has 0 aromatic heterocycles. The Morgan fingerprint density at radius 2 is 1.31 bits per heavy atom. The molecule has 0 bridgehead atoms. The zero-order valence-electron chi connectivity index (χ0n) is 7.48. The zero-order valence-corrected chi connectivity index (χ0v) is 9.04. The van der Waals surface area contributed by atoms with Crippen molar-refractivity contribution >= 4 is 6.08 Å². The van der Waals surface area contributed by atoms with Crippen LogP contribution in [0.4, 0.5) is 0 Å². The van der Waals surface area contributed by atoms with Crippen molar-refractivity contribution in [3.8, 4) is 0 Å². The number of rotatable bonds is 1. The van der Waals surface area contributed by atoms with Crippen molar-refractivity contribution in [2.45, 2.75) is 0 Å².